The molecule has 1 saturated heterocycles. The molecule has 4 rings (SSSR count). The maximum absolute atomic E-state index is 14.4. The topological polar surface area (TPSA) is 59.5 Å². The van der Waals surface area contributed by atoms with E-state index in [2.05, 4.69) is 25.8 Å². The molecule has 0 bridgehead atoms. The number of rotatable bonds is 7. The average Bonchev–Trinajstić information content (AvgIpc) is 2.80. The second kappa shape index (κ2) is 9.89. The van der Waals surface area contributed by atoms with Crippen LogP contribution < -0.4 is 14.8 Å². The number of hydrogen-bond donors (Lipinski definition) is 1. The Labute approximate surface area is 190 Å². The molecule has 1 aliphatic rings. The fraction of sp³-hybridized carbons (Fsp3) is 0.364. The van der Waals surface area contributed by atoms with E-state index in [4.69, 9.17) is 21.1 Å². The van der Waals surface area contributed by atoms with Crippen LogP contribution in [0.25, 0.3) is 10.9 Å². The number of hydrogen-bond acceptors (Lipinski definition) is 7. The Bertz CT molecular complexity index is 1060. The van der Waals surface area contributed by atoms with E-state index < -0.39 is 5.82 Å². The first kappa shape index (κ1) is 21.9. The first-order valence-corrected chi connectivity index (χ1v) is 11.6. The van der Waals surface area contributed by atoms with Gasteiger partial charge in [0.2, 0.25) is 0 Å². The zero-order valence-corrected chi connectivity index (χ0v) is 19.0. The third-order valence-electron chi connectivity index (χ3n) is 5.43. The van der Waals surface area contributed by atoms with Gasteiger partial charge in [-0.3, -0.25) is 4.31 Å². The number of nitrogens with one attached hydrogen (secondary N) is 1. The molecule has 9 heteroatoms. The lowest BCUT2D eigenvalue weighted by molar-refractivity contribution is 0.186. The Morgan fingerprint density at radius 2 is 2.03 bits per heavy atom. The van der Waals surface area contributed by atoms with Crippen molar-refractivity contribution in [2.45, 2.75) is 12.8 Å². The van der Waals surface area contributed by atoms with Gasteiger partial charge < -0.3 is 14.8 Å². The molecule has 0 spiro atoms. The van der Waals surface area contributed by atoms with Crippen molar-refractivity contribution in [1.82, 2.24) is 14.3 Å². The summed E-state index contributed by atoms with van der Waals surface area (Å²) >= 11 is 7.70. The summed E-state index contributed by atoms with van der Waals surface area (Å²) in [6, 6.07) is 8.44. The van der Waals surface area contributed by atoms with Crippen LogP contribution in [0, 0.1) is 11.7 Å². The molecule has 0 radical (unpaired) electrons. The van der Waals surface area contributed by atoms with Crippen LogP contribution >= 0.6 is 23.5 Å². The largest absolute Gasteiger partial charge is 0.493 e. The van der Waals surface area contributed by atoms with Crippen LogP contribution in [-0.4, -0.2) is 47.3 Å². The van der Waals surface area contributed by atoms with Crippen LogP contribution in [0.3, 0.4) is 0 Å². The van der Waals surface area contributed by atoms with Crippen LogP contribution in [-0.2, 0) is 0 Å². The molecule has 1 aromatic heterocycles. The van der Waals surface area contributed by atoms with E-state index in [1.807, 2.05) is 12.1 Å². The summed E-state index contributed by atoms with van der Waals surface area (Å²) in [5.74, 6) is 1.65. The smallest absolute Gasteiger partial charge is 0.165 e. The van der Waals surface area contributed by atoms with Crippen LogP contribution in [0.5, 0.6) is 11.5 Å². The van der Waals surface area contributed by atoms with E-state index in [-0.39, 0.29) is 10.7 Å². The highest BCUT2D eigenvalue weighted by atomic mass is 35.5. The predicted octanol–water partition coefficient (Wildman–Crippen LogP) is 5.54. The van der Waals surface area contributed by atoms with Crippen molar-refractivity contribution in [3.8, 4) is 11.5 Å². The van der Waals surface area contributed by atoms with Gasteiger partial charge in [-0.05, 0) is 43.2 Å². The summed E-state index contributed by atoms with van der Waals surface area (Å²) in [5, 5.41) is 3.77. The lowest BCUT2D eigenvalue weighted by atomic mass is 9.99. The predicted molar refractivity (Wildman–Crippen MR) is 124 cm³/mol. The highest BCUT2D eigenvalue weighted by molar-refractivity contribution is 7.96. The summed E-state index contributed by atoms with van der Waals surface area (Å²) in [6.07, 6.45) is 5.73. The van der Waals surface area contributed by atoms with Gasteiger partial charge >= 0.3 is 0 Å². The fourth-order valence-corrected chi connectivity index (χ4v) is 4.38. The number of halogens is 2. The zero-order valence-electron chi connectivity index (χ0n) is 17.4. The van der Waals surface area contributed by atoms with Crippen LogP contribution in [0.4, 0.5) is 15.9 Å². The van der Waals surface area contributed by atoms with Crippen molar-refractivity contribution in [1.29, 1.82) is 0 Å². The number of nitrogens with zero attached hydrogens (tertiary/aromatic N) is 3. The monoisotopic (exact) mass is 462 g/mol. The number of methoxy groups -OCH3 is 1. The molecule has 2 heterocycles. The first-order valence-electron chi connectivity index (χ1n) is 10.0. The number of benzene rings is 2. The number of ether oxygens (including phenoxy) is 2. The van der Waals surface area contributed by atoms with Crippen molar-refractivity contribution in [3.05, 3.63) is 47.5 Å². The van der Waals surface area contributed by atoms with Crippen molar-refractivity contribution in [2.24, 2.45) is 5.92 Å². The normalized spacial score (nSPS) is 15.2. The highest BCUT2D eigenvalue weighted by Crippen LogP contribution is 2.36. The maximum atomic E-state index is 14.4. The summed E-state index contributed by atoms with van der Waals surface area (Å²) in [6.45, 7) is 2.75. The maximum Gasteiger partial charge on any atom is 0.165 e. The van der Waals surface area contributed by atoms with E-state index in [0.29, 0.717) is 40.7 Å². The molecular formula is C22H24ClFN4O2S. The Hall–Kier alpha value is -2.29. The van der Waals surface area contributed by atoms with Gasteiger partial charge in [-0.2, -0.15) is 0 Å². The fourth-order valence-electron chi connectivity index (χ4n) is 3.63. The van der Waals surface area contributed by atoms with E-state index in [1.54, 1.807) is 31.2 Å². The molecular weight excluding hydrogens is 439 g/mol. The summed E-state index contributed by atoms with van der Waals surface area (Å²) in [4.78, 5) is 8.63. The lowest BCUT2D eigenvalue weighted by Gasteiger charge is -2.30. The van der Waals surface area contributed by atoms with E-state index in [9.17, 15) is 4.39 Å². The zero-order chi connectivity index (χ0) is 21.8. The van der Waals surface area contributed by atoms with Crippen LogP contribution in [0.1, 0.15) is 12.8 Å². The van der Waals surface area contributed by atoms with Crippen molar-refractivity contribution in [3.63, 3.8) is 0 Å². The van der Waals surface area contributed by atoms with E-state index in [1.165, 1.54) is 12.4 Å². The average molecular weight is 463 g/mol. The van der Waals surface area contributed by atoms with Crippen molar-refractivity contribution < 1.29 is 13.9 Å². The van der Waals surface area contributed by atoms with Crippen molar-refractivity contribution in [2.75, 3.05) is 38.4 Å². The molecule has 3 aromatic rings. The molecule has 1 fully saturated rings. The molecule has 164 valence electrons. The van der Waals surface area contributed by atoms with Crippen molar-refractivity contribution >= 4 is 46.0 Å². The summed E-state index contributed by atoms with van der Waals surface area (Å²) in [7, 11) is 1.60. The Morgan fingerprint density at radius 3 is 2.77 bits per heavy atom. The Balaban J connectivity index is 1.59. The van der Waals surface area contributed by atoms with E-state index in [0.717, 1.165) is 25.9 Å². The minimum absolute atomic E-state index is 0.0431. The summed E-state index contributed by atoms with van der Waals surface area (Å²) in [5.41, 5.74) is 0.906. The lowest BCUT2D eigenvalue weighted by Crippen LogP contribution is -2.30. The molecule has 0 amide bonds. The molecule has 1 N–H and O–H groups in total. The van der Waals surface area contributed by atoms with Crippen LogP contribution in [0.15, 0.2) is 36.7 Å². The van der Waals surface area contributed by atoms with Gasteiger partial charge in [-0.25, -0.2) is 14.4 Å². The minimum atomic E-state index is -0.530. The molecule has 6 nitrogen and oxygen atoms in total. The SMILES string of the molecule is COc1cc2ncnc(Nc3cccc(Cl)c3F)c2cc1OCC1CCN(SC)CC1. The van der Waals surface area contributed by atoms with Gasteiger partial charge in [0, 0.05) is 24.5 Å². The molecule has 2 aromatic carbocycles. The van der Waals surface area contributed by atoms with Gasteiger partial charge in [0.05, 0.1) is 29.9 Å². The quantitative estimate of drug-likeness (QED) is 0.462. The first-order chi connectivity index (χ1) is 15.1. The standard InChI is InChI=1S/C22H24ClFN4O2S/c1-29-19-11-18-15(10-20(19)30-12-14-6-8-28(31-2)9-7-14)22(26-13-25-18)27-17-5-3-4-16(23)21(17)24/h3-5,10-11,13-14H,6-9,12H2,1-2H3,(H,25,26,27). The third-order valence-corrected chi connectivity index (χ3v) is 6.61. The second-order valence-electron chi connectivity index (χ2n) is 7.33. The Morgan fingerprint density at radius 1 is 1.23 bits per heavy atom. The summed E-state index contributed by atoms with van der Waals surface area (Å²) < 4.78 is 28.4. The van der Waals surface area contributed by atoms with Crippen LogP contribution in [0.2, 0.25) is 5.02 Å². The van der Waals surface area contributed by atoms with Gasteiger partial charge in [0.15, 0.2) is 17.3 Å². The number of anilines is 2. The number of aromatic nitrogens is 2. The second-order valence-corrected chi connectivity index (χ2v) is 8.62. The molecule has 31 heavy (non-hydrogen) atoms. The van der Waals surface area contributed by atoms with Gasteiger partial charge in [-0.1, -0.05) is 29.6 Å². The van der Waals surface area contributed by atoms with Gasteiger partial charge in [0.1, 0.15) is 12.1 Å². The number of piperidine rings is 1. The Kier molecular flexibility index (Phi) is 6.99. The minimum Gasteiger partial charge on any atom is -0.493 e. The molecule has 0 atom stereocenters. The molecule has 0 saturated carbocycles. The number of fused-ring (bicyclic) bond motifs is 1. The molecule has 0 aliphatic carbocycles. The van der Waals surface area contributed by atoms with E-state index >= 15 is 0 Å². The third kappa shape index (κ3) is 4.97. The highest BCUT2D eigenvalue weighted by Gasteiger charge is 2.20. The van der Waals surface area contributed by atoms with Gasteiger partial charge in [0.25, 0.3) is 0 Å². The van der Waals surface area contributed by atoms with Gasteiger partial charge in [-0.15, -0.1) is 0 Å². The molecule has 1 aliphatic heterocycles. The molecule has 0 unspecified atom stereocenters.